The van der Waals surface area contributed by atoms with Crippen LogP contribution < -0.4 is 10.6 Å². The van der Waals surface area contributed by atoms with Gasteiger partial charge in [-0.3, -0.25) is 4.99 Å². The van der Waals surface area contributed by atoms with E-state index < -0.39 is 22.6 Å². The van der Waals surface area contributed by atoms with Gasteiger partial charge in [0.05, 0.1) is 12.4 Å². The first-order chi connectivity index (χ1) is 12.5. The summed E-state index contributed by atoms with van der Waals surface area (Å²) in [4.78, 5) is 4.09. The minimum Gasteiger partial charge on any atom is -0.367 e. The van der Waals surface area contributed by atoms with Gasteiger partial charge in [0, 0.05) is 25.9 Å². The molecule has 1 atom stereocenters. The fourth-order valence-electron chi connectivity index (χ4n) is 2.11. The Morgan fingerprint density at radius 2 is 1.79 bits per heavy atom. The molecule has 0 aliphatic rings. The van der Waals surface area contributed by atoms with Crippen LogP contribution >= 0.6 is 24.0 Å². The van der Waals surface area contributed by atoms with Crippen LogP contribution in [0, 0.1) is 0 Å². The van der Waals surface area contributed by atoms with Gasteiger partial charge in [-0.15, -0.1) is 24.0 Å². The minimum absolute atomic E-state index is 0. The second kappa shape index (κ2) is 12.5. The highest BCUT2D eigenvalue weighted by Crippen LogP contribution is 2.15. The number of nitrogens with one attached hydrogen (secondary N) is 2. The Hall–Kier alpha value is -1.08. The van der Waals surface area contributed by atoms with Crippen molar-refractivity contribution in [2.75, 3.05) is 25.7 Å². The molecule has 11 heteroatoms. The third kappa shape index (κ3) is 13.2. The molecular formula is C17H27F3IN3O3S. The second-order valence-electron chi connectivity index (χ2n) is 6.31. The topological polar surface area (TPSA) is 79.8 Å². The average molecular weight is 537 g/mol. The van der Waals surface area contributed by atoms with Gasteiger partial charge in [0.25, 0.3) is 0 Å². The molecule has 0 bridgehead atoms. The van der Waals surface area contributed by atoms with E-state index >= 15 is 0 Å². The number of benzene rings is 1. The van der Waals surface area contributed by atoms with Crippen molar-refractivity contribution < 1.29 is 26.3 Å². The smallest absolute Gasteiger partial charge is 0.367 e. The molecule has 0 fully saturated rings. The van der Waals surface area contributed by atoms with E-state index in [0.29, 0.717) is 24.5 Å². The number of guanidine groups is 1. The molecular weight excluding hydrogens is 510 g/mol. The number of nitrogens with zero attached hydrogens (tertiary/aromatic N) is 1. The van der Waals surface area contributed by atoms with Crippen molar-refractivity contribution in [3.8, 4) is 0 Å². The summed E-state index contributed by atoms with van der Waals surface area (Å²) in [6.45, 7) is 0.958. The van der Waals surface area contributed by atoms with Crippen molar-refractivity contribution in [1.29, 1.82) is 0 Å². The maximum Gasteiger partial charge on any atom is 0.411 e. The SMILES string of the molecule is CN=C(NCc1ccc(COCC(F)(F)F)cc1)NC(C)CCS(C)(=O)=O.I. The highest BCUT2D eigenvalue weighted by Gasteiger charge is 2.27. The number of halogens is 4. The second-order valence-corrected chi connectivity index (χ2v) is 8.57. The first-order valence-corrected chi connectivity index (χ1v) is 10.4. The molecule has 1 aromatic carbocycles. The summed E-state index contributed by atoms with van der Waals surface area (Å²) in [5.41, 5.74) is 1.57. The molecule has 28 heavy (non-hydrogen) atoms. The predicted molar refractivity (Wildman–Crippen MR) is 115 cm³/mol. The van der Waals surface area contributed by atoms with Gasteiger partial charge in [0.2, 0.25) is 0 Å². The van der Waals surface area contributed by atoms with Gasteiger partial charge in [-0.1, -0.05) is 24.3 Å². The summed E-state index contributed by atoms with van der Waals surface area (Å²) in [5.74, 6) is 0.629. The zero-order valence-corrected chi connectivity index (χ0v) is 19.2. The van der Waals surface area contributed by atoms with Crippen LogP contribution in [0.2, 0.25) is 0 Å². The summed E-state index contributed by atoms with van der Waals surface area (Å²) < 4.78 is 63.2. The normalized spacial score (nSPS) is 13.6. The van der Waals surface area contributed by atoms with Crippen molar-refractivity contribution in [1.82, 2.24) is 10.6 Å². The molecule has 1 unspecified atom stereocenters. The van der Waals surface area contributed by atoms with Crippen molar-refractivity contribution in [2.45, 2.75) is 38.7 Å². The van der Waals surface area contributed by atoms with E-state index in [-0.39, 0.29) is 42.4 Å². The number of ether oxygens (including phenoxy) is 1. The Kier molecular flexibility index (Phi) is 12.0. The molecule has 0 spiro atoms. The van der Waals surface area contributed by atoms with Crippen LogP contribution in [0.1, 0.15) is 24.5 Å². The summed E-state index contributed by atoms with van der Waals surface area (Å²) >= 11 is 0. The van der Waals surface area contributed by atoms with E-state index in [1.807, 2.05) is 6.92 Å². The lowest BCUT2D eigenvalue weighted by Crippen LogP contribution is -2.42. The van der Waals surface area contributed by atoms with E-state index in [0.717, 1.165) is 5.56 Å². The fourth-order valence-corrected chi connectivity index (χ4v) is 2.90. The molecule has 1 aromatic rings. The van der Waals surface area contributed by atoms with E-state index in [1.165, 1.54) is 6.26 Å². The van der Waals surface area contributed by atoms with Gasteiger partial charge in [-0.2, -0.15) is 13.2 Å². The lowest BCUT2D eigenvalue weighted by atomic mass is 10.1. The van der Waals surface area contributed by atoms with E-state index in [4.69, 9.17) is 0 Å². The molecule has 0 aliphatic carbocycles. The van der Waals surface area contributed by atoms with Crippen LogP contribution in [-0.2, 0) is 27.7 Å². The fraction of sp³-hybridized carbons (Fsp3) is 0.588. The number of hydrogen-bond acceptors (Lipinski definition) is 4. The number of hydrogen-bond donors (Lipinski definition) is 2. The molecule has 0 aromatic heterocycles. The van der Waals surface area contributed by atoms with Crippen LogP contribution in [0.15, 0.2) is 29.3 Å². The average Bonchev–Trinajstić information content (AvgIpc) is 2.56. The number of alkyl halides is 3. The van der Waals surface area contributed by atoms with E-state index in [9.17, 15) is 21.6 Å². The van der Waals surface area contributed by atoms with Gasteiger partial charge in [0.1, 0.15) is 16.4 Å². The lowest BCUT2D eigenvalue weighted by Gasteiger charge is -2.17. The Bertz CT molecular complexity index is 711. The minimum atomic E-state index is -4.33. The maximum atomic E-state index is 12.0. The van der Waals surface area contributed by atoms with Crippen LogP contribution in [0.25, 0.3) is 0 Å². The quantitative estimate of drug-likeness (QED) is 0.288. The van der Waals surface area contributed by atoms with E-state index in [1.54, 1.807) is 31.3 Å². The highest BCUT2D eigenvalue weighted by atomic mass is 127. The summed E-state index contributed by atoms with van der Waals surface area (Å²) in [7, 11) is -1.40. The summed E-state index contributed by atoms with van der Waals surface area (Å²) in [6, 6.07) is 6.93. The first-order valence-electron chi connectivity index (χ1n) is 8.36. The van der Waals surface area contributed by atoms with Gasteiger partial charge >= 0.3 is 6.18 Å². The van der Waals surface area contributed by atoms with Crippen molar-refractivity contribution >= 4 is 39.8 Å². The third-order valence-corrected chi connectivity index (χ3v) is 4.52. The van der Waals surface area contributed by atoms with Gasteiger partial charge in [-0.25, -0.2) is 8.42 Å². The molecule has 162 valence electrons. The summed E-state index contributed by atoms with van der Waals surface area (Å²) in [6.07, 6.45) is -2.66. The maximum absolute atomic E-state index is 12.0. The Morgan fingerprint density at radius 3 is 2.29 bits per heavy atom. The van der Waals surface area contributed by atoms with Gasteiger partial charge in [0.15, 0.2) is 5.96 Å². The standard InChI is InChI=1S/C17H26F3N3O3S.HI/c1-13(8-9-27(3,24)25)23-16(21-2)22-10-14-4-6-15(7-5-14)11-26-12-17(18,19)20;/h4-7,13H,8-12H2,1-3H3,(H2,21,22,23);1H. The predicted octanol–water partition coefficient (Wildman–Crippen LogP) is 2.87. The van der Waals surface area contributed by atoms with Crippen molar-refractivity contribution in [3.05, 3.63) is 35.4 Å². The molecule has 0 heterocycles. The molecule has 6 nitrogen and oxygen atoms in total. The molecule has 0 radical (unpaired) electrons. The Balaban J connectivity index is 0.00000729. The zero-order chi connectivity index (χ0) is 20.5. The third-order valence-electron chi connectivity index (χ3n) is 3.55. The molecule has 0 saturated heterocycles. The zero-order valence-electron chi connectivity index (χ0n) is 16.0. The Labute approximate surface area is 181 Å². The first kappa shape index (κ1) is 26.9. The summed E-state index contributed by atoms with van der Waals surface area (Å²) in [5, 5.41) is 6.22. The number of sulfone groups is 1. The van der Waals surface area contributed by atoms with Crippen LogP contribution in [-0.4, -0.2) is 52.3 Å². The molecule has 0 amide bonds. The van der Waals surface area contributed by atoms with Crippen molar-refractivity contribution in [3.63, 3.8) is 0 Å². The van der Waals surface area contributed by atoms with E-state index in [2.05, 4.69) is 20.4 Å². The largest absolute Gasteiger partial charge is 0.411 e. The van der Waals surface area contributed by atoms with Crippen molar-refractivity contribution in [2.24, 2.45) is 4.99 Å². The molecule has 0 aliphatic heterocycles. The molecule has 1 rings (SSSR count). The van der Waals surface area contributed by atoms with Crippen LogP contribution in [0.4, 0.5) is 13.2 Å². The Morgan fingerprint density at radius 1 is 1.21 bits per heavy atom. The van der Waals surface area contributed by atoms with Gasteiger partial charge in [-0.05, 0) is 24.5 Å². The molecule has 0 saturated carbocycles. The molecule has 2 N–H and O–H groups in total. The number of rotatable bonds is 9. The highest BCUT2D eigenvalue weighted by molar-refractivity contribution is 14.0. The number of aliphatic imine (C=N–C) groups is 1. The monoisotopic (exact) mass is 537 g/mol. The van der Waals surface area contributed by atoms with Crippen LogP contribution in [0.3, 0.4) is 0 Å². The lowest BCUT2D eigenvalue weighted by molar-refractivity contribution is -0.176. The van der Waals surface area contributed by atoms with Crippen LogP contribution in [0.5, 0.6) is 0 Å². The van der Waals surface area contributed by atoms with Gasteiger partial charge < -0.3 is 15.4 Å².